The molecule has 100 valence electrons. The minimum Gasteiger partial charge on any atom is -0.305 e. The summed E-state index contributed by atoms with van der Waals surface area (Å²) in [4.78, 5) is 11.5. The Hall–Kier alpha value is -1.43. The van der Waals surface area contributed by atoms with Gasteiger partial charge in [0.15, 0.2) is 0 Å². The maximum absolute atomic E-state index is 10.7. The van der Waals surface area contributed by atoms with Crippen molar-refractivity contribution >= 4 is 28.6 Å². The molecule has 6 heteroatoms. The zero-order chi connectivity index (χ0) is 13.8. The number of hydrogen-bond acceptors (Lipinski definition) is 4. The summed E-state index contributed by atoms with van der Waals surface area (Å²) in [6.45, 7) is 2.55. The van der Waals surface area contributed by atoms with E-state index in [1.54, 1.807) is 17.4 Å². The standard InChI is InChI=1S/C13H13ClN2O2S/c1-9(13-3-2-6-19-13)15-8-10-7-11(16(17)18)4-5-12(10)14/h2-7,9,15H,8H2,1H3. The van der Waals surface area contributed by atoms with Crippen LogP contribution in [0.1, 0.15) is 23.4 Å². The molecule has 1 heterocycles. The van der Waals surface area contributed by atoms with Gasteiger partial charge in [0.05, 0.1) is 4.92 Å². The molecule has 0 aliphatic carbocycles. The Bertz CT molecular complexity index is 572. The summed E-state index contributed by atoms with van der Waals surface area (Å²) in [5.74, 6) is 0. The van der Waals surface area contributed by atoms with Crippen LogP contribution in [-0.4, -0.2) is 4.92 Å². The second-order valence-electron chi connectivity index (χ2n) is 4.15. The zero-order valence-corrected chi connectivity index (χ0v) is 11.9. The lowest BCUT2D eigenvalue weighted by Gasteiger charge is -2.12. The molecular weight excluding hydrogens is 284 g/mol. The van der Waals surface area contributed by atoms with Gasteiger partial charge >= 0.3 is 0 Å². The summed E-state index contributed by atoms with van der Waals surface area (Å²) in [5, 5.41) is 16.6. The van der Waals surface area contributed by atoms with Crippen molar-refractivity contribution in [2.75, 3.05) is 0 Å². The molecule has 1 aromatic carbocycles. The predicted octanol–water partition coefficient (Wildman–Crippen LogP) is 4.16. The van der Waals surface area contributed by atoms with Crippen molar-refractivity contribution in [1.82, 2.24) is 5.32 Å². The summed E-state index contributed by atoms with van der Waals surface area (Å²) in [5.41, 5.74) is 0.796. The highest BCUT2D eigenvalue weighted by atomic mass is 35.5. The van der Waals surface area contributed by atoms with Crippen molar-refractivity contribution in [3.8, 4) is 0 Å². The van der Waals surface area contributed by atoms with Crippen molar-refractivity contribution in [2.24, 2.45) is 0 Å². The number of halogens is 1. The van der Waals surface area contributed by atoms with E-state index in [9.17, 15) is 10.1 Å². The topological polar surface area (TPSA) is 55.2 Å². The van der Waals surface area contributed by atoms with Gasteiger partial charge in [-0.25, -0.2) is 0 Å². The Kier molecular flexibility index (Phi) is 4.52. The second-order valence-corrected chi connectivity index (χ2v) is 5.54. The first-order valence-corrected chi connectivity index (χ1v) is 7.03. The molecule has 1 unspecified atom stereocenters. The number of hydrogen-bond donors (Lipinski definition) is 1. The maximum Gasteiger partial charge on any atom is 0.269 e. The lowest BCUT2D eigenvalue weighted by Crippen LogP contribution is -2.17. The molecule has 0 radical (unpaired) electrons. The van der Waals surface area contributed by atoms with Crippen LogP contribution in [0.15, 0.2) is 35.7 Å². The third-order valence-electron chi connectivity index (χ3n) is 2.81. The van der Waals surface area contributed by atoms with Crippen LogP contribution >= 0.6 is 22.9 Å². The first-order chi connectivity index (χ1) is 9.08. The monoisotopic (exact) mass is 296 g/mol. The zero-order valence-electron chi connectivity index (χ0n) is 10.3. The van der Waals surface area contributed by atoms with Gasteiger partial charge in [-0.1, -0.05) is 17.7 Å². The number of nitrogens with one attached hydrogen (secondary N) is 1. The molecule has 2 rings (SSSR count). The van der Waals surface area contributed by atoms with E-state index in [1.165, 1.54) is 17.0 Å². The summed E-state index contributed by atoms with van der Waals surface area (Å²) in [7, 11) is 0. The Morgan fingerprint density at radius 2 is 2.26 bits per heavy atom. The number of benzene rings is 1. The Labute approximate surface area is 120 Å². The third kappa shape index (κ3) is 3.53. The molecule has 0 aliphatic heterocycles. The van der Waals surface area contributed by atoms with E-state index in [4.69, 9.17) is 11.6 Å². The van der Waals surface area contributed by atoms with Gasteiger partial charge in [-0.2, -0.15) is 0 Å². The Morgan fingerprint density at radius 3 is 2.89 bits per heavy atom. The fraction of sp³-hybridized carbons (Fsp3) is 0.231. The van der Waals surface area contributed by atoms with Crippen LogP contribution in [0.2, 0.25) is 5.02 Å². The van der Waals surface area contributed by atoms with Crippen LogP contribution in [0.4, 0.5) is 5.69 Å². The van der Waals surface area contributed by atoms with E-state index in [-0.39, 0.29) is 11.7 Å². The highest BCUT2D eigenvalue weighted by Crippen LogP contribution is 2.24. The average Bonchev–Trinajstić information content (AvgIpc) is 2.91. The lowest BCUT2D eigenvalue weighted by molar-refractivity contribution is -0.384. The van der Waals surface area contributed by atoms with Gasteiger partial charge in [0.2, 0.25) is 0 Å². The fourth-order valence-corrected chi connectivity index (χ4v) is 2.65. The fourth-order valence-electron chi connectivity index (χ4n) is 1.71. The van der Waals surface area contributed by atoms with Gasteiger partial charge in [0.25, 0.3) is 5.69 Å². The molecule has 0 fully saturated rings. The molecule has 1 aromatic heterocycles. The van der Waals surface area contributed by atoms with Crippen LogP contribution < -0.4 is 5.32 Å². The number of nitrogens with zero attached hydrogens (tertiary/aromatic N) is 1. The number of nitro groups is 1. The third-order valence-corrected chi connectivity index (χ3v) is 4.23. The van der Waals surface area contributed by atoms with E-state index in [1.807, 2.05) is 11.4 Å². The van der Waals surface area contributed by atoms with Crippen molar-refractivity contribution in [1.29, 1.82) is 0 Å². The molecule has 0 spiro atoms. The van der Waals surface area contributed by atoms with Gasteiger partial charge in [0, 0.05) is 34.6 Å². The second kappa shape index (κ2) is 6.14. The predicted molar refractivity (Wildman–Crippen MR) is 77.7 cm³/mol. The van der Waals surface area contributed by atoms with E-state index in [2.05, 4.69) is 18.3 Å². The molecule has 0 aliphatic rings. The molecule has 2 aromatic rings. The van der Waals surface area contributed by atoms with E-state index in [0.29, 0.717) is 11.6 Å². The van der Waals surface area contributed by atoms with Gasteiger partial charge in [-0.15, -0.1) is 11.3 Å². The van der Waals surface area contributed by atoms with Crippen LogP contribution in [-0.2, 0) is 6.54 Å². The number of non-ortho nitro benzene ring substituents is 1. The number of nitro benzene ring substituents is 1. The van der Waals surface area contributed by atoms with E-state index < -0.39 is 4.92 Å². The minimum absolute atomic E-state index is 0.0602. The average molecular weight is 297 g/mol. The minimum atomic E-state index is -0.414. The van der Waals surface area contributed by atoms with Gasteiger partial charge in [-0.3, -0.25) is 10.1 Å². The molecule has 0 saturated carbocycles. The SMILES string of the molecule is CC(NCc1cc([N+](=O)[O-])ccc1Cl)c1cccs1. The molecule has 0 saturated heterocycles. The smallest absolute Gasteiger partial charge is 0.269 e. The molecular formula is C13H13ClN2O2S. The number of thiophene rings is 1. The van der Waals surface area contributed by atoms with Gasteiger partial charge in [0.1, 0.15) is 0 Å². The maximum atomic E-state index is 10.7. The molecule has 0 amide bonds. The van der Waals surface area contributed by atoms with Gasteiger partial charge in [-0.05, 0) is 30.0 Å². The van der Waals surface area contributed by atoms with Crippen molar-refractivity contribution < 1.29 is 4.92 Å². The first-order valence-electron chi connectivity index (χ1n) is 5.77. The summed E-state index contributed by atoms with van der Waals surface area (Å²) in [6, 6.07) is 8.73. The quantitative estimate of drug-likeness (QED) is 0.666. The van der Waals surface area contributed by atoms with Crippen LogP contribution in [0, 0.1) is 10.1 Å². The van der Waals surface area contributed by atoms with Crippen LogP contribution in [0.5, 0.6) is 0 Å². The van der Waals surface area contributed by atoms with E-state index >= 15 is 0 Å². The molecule has 1 atom stereocenters. The number of rotatable bonds is 5. The Balaban J connectivity index is 2.06. The van der Waals surface area contributed by atoms with Crippen LogP contribution in [0.25, 0.3) is 0 Å². The molecule has 4 nitrogen and oxygen atoms in total. The largest absolute Gasteiger partial charge is 0.305 e. The summed E-state index contributed by atoms with van der Waals surface area (Å²) < 4.78 is 0. The molecule has 0 bridgehead atoms. The van der Waals surface area contributed by atoms with Gasteiger partial charge < -0.3 is 5.32 Å². The first kappa shape index (κ1) is 14.0. The highest BCUT2D eigenvalue weighted by Gasteiger charge is 2.11. The Morgan fingerprint density at radius 1 is 1.47 bits per heavy atom. The summed E-state index contributed by atoms with van der Waals surface area (Å²) in [6.07, 6.45) is 0. The normalized spacial score (nSPS) is 12.3. The van der Waals surface area contributed by atoms with Crippen molar-refractivity contribution in [3.05, 3.63) is 61.3 Å². The summed E-state index contributed by atoms with van der Waals surface area (Å²) >= 11 is 7.72. The van der Waals surface area contributed by atoms with Crippen molar-refractivity contribution in [3.63, 3.8) is 0 Å². The molecule has 19 heavy (non-hydrogen) atoms. The van der Waals surface area contributed by atoms with E-state index in [0.717, 1.165) is 5.56 Å². The van der Waals surface area contributed by atoms with Crippen molar-refractivity contribution in [2.45, 2.75) is 19.5 Å². The highest BCUT2D eigenvalue weighted by molar-refractivity contribution is 7.10. The van der Waals surface area contributed by atoms with Crippen LogP contribution in [0.3, 0.4) is 0 Å². The lowest BCUT2D eigenvalue weighted by atomic mass is 10.2. The molecule has 1 N–H and O–H groups in total.